The highest BCUT2D eigenvalue weighted by Gasteiger charge is 2.53. The lowest BCUT2D eigenvalue weighted by molar-refractivity contribution is -0.120. The molecule has 4 fully saturated rings. The summed E-state index contributed by atoms with van der Waals surface area (Å²) in [5.41, 5.74) is 0. The molecule has 1 saturated carbocycles. The van der Waals surface area contributed by atoms with Gasteiger partial charge in [0.05, 0.1) is 24.9 Å². The maximum Gasteiger partial charge on any atom is 0.304 e. The first kappa shape index (κ1) is 18.5. The summed E-state index contributed by atoms with van der Waals surface area (Å²) >= 11 is 0. The lowest BCUT2D eigenvalue weighted by Gasteiger charge is -2.50. The van der Waals surface area contributed by atoms with Crippen molar-refractivity contribution in [2.24, 2.45) is 11.8 Å². The minimum absolute atomic E-state index is 0.0464. The largest absolute Gasteiger partial charge is 0.391 e. The van der Waals surface area contributed by atoms with E-state index in [2.05, 4.69) is 10.2 Å². The molecule has 10 heteroatoms. The molecule has 6 unspecified atom stereocenters. The number of amides is 1. The summed E-state index contributed by atoms with van der Waals surface area (Å²) in [5, 5.41) is 13.9. The van der Waals surface area contributed by atoms with Gasteiger partial charge in [0.2, 0.25) is 5.91 Å². The van der Waals surface area contributed by atoms with Crippen molar-refractivity contribution in [1.82, 2.24) is 19.2 Å². The van der Waals surface area contributed by atoms with E-state index in [1.807, 2.05) is 4.72 Å². The van der Waals surface area contributed by atoms with Crippen molar-refractivity contribution in [3.63, 3.8) is 0 Å². The van der Waals surface area contributed by atoms with Gasteiger partial charge in [-0.1, -0.05) is 0 Å². The van der Waals surface area contributed by atoms with Crippen molar-refractivity contribution >= 4 is 16.1 Å². The zero-order chi connectivity index (χ0) is 18.5. The van der Waals surface area contributed by atoms with E-state index < -0.39 is 41.0 Å². The second-order valence-electron chi connectivity index (χ2n) is 7.99. The Hall–Kier alpha value is -0.810. The van der Waals surface area contributed by atoms with Crippen LogP contribution in [-0.4, -0.2) is 79.3 Å². The molecule has 26 heavy (non-hydrogen) atoms. The molecular weight excluding hydrogens is 363 g/mol. The number of nitrogens with zero attached hydrogens (tertiary/aromatic N) is 2. The molecular formula is C16H27FN4O4S. The Balaban J connectivity index is 1.52. The van der Waals surface area contributed by atoms with Crippen molar-refractivity contribution in [3.05, 3.63) is 0 Å². The van der Waals surface area contributed by atoms with Crippen LogP contribution in [0.3, 0.4) is 0 Å². The minimum atomic E-state index is -4.07. The molecule has 1 amide bonds. The topological polar surface area (TPSA) is 102 Å². The molecule has 6 atom stereocenters. The first-order chi connectivity index (χ1) is 12.4. The zero-order valence-corrected chi connectivity index (χ0v) is 15.5. The van der Waals surface area contributed by atoms with Crippen molar-refractivity contribution in [2.45, 2.75) is 56.6 Å². The molecule has 1 aliphatic carbocycles. The fourth-order valence-corrected chi connectivity index (χ4v) is 6.47. The van der Waals surface area contributed by atoms with E-state index in [9.17, 15) is 18.3 Å². The van der Waals surface area contributed by atoms with Gasteiger partial charge in [-0.05, 0) is 51.1 Å². The number of likely N-dealkylation sites (tertiary alicyclic amines) is 1. The summed E-state index contributed by atoms with van der Waals surface area (Å²) in [6.45, 7) is 1.97. The standard InChI is InChI=1S/C16H27FN4O4S/c17-15-11-8-20(13-3-1-2-5-18-13)6-4-10(11)7-12(22)16(15)21-9-14(23)19-26(21,24)25/h10-13,15-16,18,22H,1-9H2,(H,19,23). The second kappa shape index (κ2) is 6.97. The van der Waals surface area contributed by atoms with Gasteiger partial charge in [-0.25, -0.2) is 9.11 Å². The van der Waals surface area contributed by atoms with E-state index in [1.54, 1.807) is 0 Å². The third-order valence-electron chi connectivity index (χ3n) is 6.42. The first-order valence-electron chi connectivity index (χ1n) is 9.49. The second-order valence-corrected chi connectivity index (χ2v) is 9.61. The predicted molar refractivity (Wildman–Crippen MR) is 91.9 cm³/mol. The van der Waals surface area contributed by atoms with Gasteiger partial charge in [-0.2, -0.15) is 12.7 Å². The molecule has 0 bridgehead atoms. The number of hydrogen-bond donors (Lipinski definition) is 3. The van der Waals surface area contributed by atoms with Gasteiger partial charge in [0, 0.05) is 12.5 Å². The number of carbonyl (C=O) groups is 1. The van der Waals surface area contributed by atoms with Gasteiger partial charge in [0.25, 0.3) is 0 Å². The van der Waals surface area contributed by atoms with Gasteiger partial charge in [0.1, 0.15) is 6.17 Å². The molecule has 3 aliphatic heterocycles. The van der Waals surface area contributed by atoms with Crippen molar-refractivity contribution in [2.75, 3.05) is 26.2 Å². The summed E-state index contributed by atoms with van der Waals surface area (Å²) in [6, 6.07) is -1.19. The van der Waals surface area contributed by atoms with Crippen LogP contribution in [0.2, 0.25) is 0 Å². The van der Waals surface area contributed by atoms with E-state index in [4.69, 9.17) is 0 Å². The smallest absolute Gasteiger partial charge is 0.304 e. The number of hydrogen-bond acceptors (Lipinski definition) is 6. The number of fused-ring (bicyclic) bond motifs is 1. The Bertz CT molecular complexity index is 657. The van der Waals surface area contributed by atoms with Crippen LogP contribution in [0.25, 0.3) is 0 Å². The molecule has 0 aromatic rings. The number of halogens is 1. The predicted octanol–water partition coefficient (Wildman–Crippen LogP) is -0.828. The van der Waals surface area contributed by atoms with E-state index in [0.29, 0.717) is 13.0 Å². The van der Waals surface area contributed by atoms with Gasteiger partial charge in [-0.15, -0.1) is 0 Å². The number of piperidine rings is 2. The van der Waals surface area contributed by atoms with Gasteiger partial charge >= 0.3 is 10.2 Å². The monoisotopic (exact) mass is 390 g/mol. The van der Waals surface area contributed by atoms with Crippen LogP contribution in [0.15, 0.2) is 0 Å². The van der Waals surface area contributed by atoms with Crippen molar-refractivity contribution in [3.8, 4) is 0 Å². The van der Waals surface area contributed by atoms with Crippen LogP contribution in [0.1, 0.15) is 32.1 Å². The average molecular weight is 390 g/mol. The van der Waals surface area contributed by atoms with E-state index in [1.165, 1.54) is 0 Å². The lowest BCUT2D eigenvalue weighted by atomic mass is 9.70. The normalized spacial score (nSPS) is 44.5. The minimum Gasteiger partial charge on any atom is -0.391 e. The summed E-state index contributed by atoms with van der Waals surface area (Å²) in [6.07, 6.45) is 2.21. The van der Waals surface area contributed by atoms with E-state index >= 15 is 4.39 Å². The Kier molecular flexibility index (Phi) is 4.98. The lowest BCUT2D eigenvalue weighted by Crippen LogP contribution is -2.63. The number of nitrogens with one attached hydrogen (secondary N) is 2. The molecule has 148 valence electrons. The SMILES string of the molecule is O=C1CN(C2C(O)CC3CCN(C4CCCCN4)CC3C2F)S(=O)(=O)N1. The molecule has 8 nitrogen and oxygen atoms in total. The number of rotatable bonds is 2. The molecule has 0 radical (unpaired) electrons. The fourth-order valence-electron chi connectivity index (χ4n) is 5.13. The van der Waals surface area contributed by atoms with Gasteiger partial charge < -0.3 is 10.4 Å². The van der Waals surface area contributed by atoms with E-state index in [0.717, 1.165) is 43.1 Å². The Morgan fingerprint density at radius 2 is 2.04 bits per heavy atom. The Labute approximate surface area is 153 Å². The molecule has 0 aromatic carbocycles. The number of aliphatic hydroxyl groups is 1. The molecule has 4 rings (SSSR count). The van der Waals surface area contributed by atoms with Crippen LogP contribution in [0.4, 0.5) is 4.39 Å². The van der Waals surface area contributed by atoms with E-state index in [-0.39, 0.29) is 18.0 Å². The quantitative estimate of drug-likeness (QED) is 0.569. The molecule has 0 spiro atoms. The highest BCUT2D eigenvalue weighted by molar-refractivity contribution is 7.88. The van der Waals surface area contributed by atoms with Crippen molar-refractivity contribution < 1.29 is 22.7 Å². The number of carbonyl (C=O) groups excluding carboxylic acids is 1. The zero-order valence-electron chi connectivity index (χ0n) is 14.7. The third-order valence-corrected chi connectivity index (χ3v) is 7.90. The molecule has 4 aliphatic rings. The van der Waals surface area contributed by atoms with Crippen LogP contribution in [-0.2, 0) is 15.0 Å². The van der Waals surface area contributed by atoms with Crippen LogP contribution in [0.5, 0.6) is 0 Å². The average Bonchev–Trinajstić information content (AvgIpc) is 2.88. The summed E-state index contributed by atoms with van der Waals surface area (Å²) in [4.78, 5) is 13.8. The number of alkyl halides is 1. The molecule has 3 heterocycles. The van der Waals surface area contributed by atoms with Crippen LogP contribution < -0.4 is 10.0 Å². The summed E-state index contributed by atoms with van der Waals surface area (Å²) in [7, 11) is -4.07. The van der Waals surface area contributed by atoms with Gasteiger partial charge in [-0.3, -0.25) is 9.69 Å². The molecule has 0 aromatic heterocycles. The van der Waals surface area contributed by atoms with Crippen molar-refractivity contribution in [1.29, 1.82) is 0 Å². The van der Waals surface area contributed by atoms with Crippen LogP contribution in [0, 0.1) is 11.8 Å². The van der Waals surface area contributed by atoms with Crippen LogP contribution >= 0.6 is 0 Å². The summed E-state index contributed by atoms with van der Waals surface area (Å²) < 4.78 is 42.4. The highest BCUT2D eigenvalue weighted by atomic mass is 32.2. The first-order valence-corrected chi connectivity index (χ1v) is 10.9. The Morgan fingerprint density at radius 1 is 1.23 bits per heavy atom. The maximum atomic E-state index is 15.4. The third kappa shape index (κ3) is 3.26. The maximum absolute atomic E-state index is 15.4. The fraction of sp³-hybridized carbons (Fsp3) is 0.938. The Morgan fingerprint density at radius 3 is 2.69 bits per heavy atom. The van der Waals surface area contributed by atoms with Gasteiger partial charge in [0.15, 0.2) is 0 Å². The molecule has 3 saturated heterocycles. The highest BCUT2D eigenvalue weighted by Crippen LogP contribution is 2.41. The summed E-state index contributed by atoms with van der Waals surface area (Å²) in [5.74, 6) is -0.958. The molecule has 3 N–H and O–H groups in total. The number of aliphatic hydroxyl groups excluding tert-OH is 1.